The van der Waals surface area contributed by atoms with Crippen LogP contribution in [0.5, 0.6) is 0 Å². The van der Waals surface area contributed by atoms with Gasteiger partial charge < -0.3 is 5.32 Å². The maximum Gasteiger partial charge on any atom is 0.228 e. The molecule has 0 spiro atoms. The van der Waals surface area contributed by atoms with Crippen molar-refractivity contribution in [1.29, 1.82) is 0 Å². The molecule has 96 valence electrons. The smallest absolute Gasteiger partial charge is 0.228 e. The summed E-state index contributed by atoms with van der Waals surface area (Å²) < 4.78 is 12.8. The lowest BCUT2D eigenvalue weighted by molar-refractivity contribution is -0.117. The van der Waals surface area contributed by atoms with E-state index in [9.17, 15) is 9.18 Å². The first-order chi connectivity index (χ1) is 9.24. The minimum atomic E-state index is -0.241. The van der Waals surface area contributed by atoms with Crippen LogP contribution in [-0.4, -0.2) is 5.91 Å². The second-order valence-corrected chi connectivity index (χ2v) is 4.86. The van der Waals surface area contributed by atoms with E-state index in [1.807, 2.05) is 30.3 Å². The third kappa shape index (κ3) is 2.65. The number of benzene rings is 2. The van der Waals surface area contributed by atoms with Gasteiger partial charge in [0, 0.05) is 11.6 Å². The Hall–Kier alpha value is -2.16. The summed E-state index contributed by atoms with van der Waals surface area (Å²) in [6, 6.07) is 15.8. The Morgan fingerprint density at radius 3 is 2.42 bits per heavy atom. The highest BCUT2D eigenvalue weighted by molar-refractivity contribution is 5.95. The number of carbonyl (C=O) groups is 1. The van der Waals surface area contributed by atoms with Crippen molar-refractivity contribution in [3.8, 4) is 0 Å². The van der Waals surface area contributed by atoms with Crippen LogP contribution in [0.2, 0.25) is 0 Å². The van der Waals surface area contributed by atoms with E-state index in [-0.39, 0.29) is 23.6 Å². The van der Waals surface area contributed by atoms with Crippen LogP contribution in [0, 0.1) is 11.7 Å². The average molecular weight is 255 g/mol. The van der Waals surface area contributed by atoms with E-state index in [4.69, 9.17) is 0 Å². The predicted octanol–water partition coefficient (Wildman–Crippen LogP) is 3.57. The highest BCUT2D eigenvalue weighted by atomic mass is 19.1. The fraction of sp³-hybridized carbons (Fsp3) is 0.188. The number of para-hydroxylation sites is 1. The van der Waals surface area contributed by atoms with Crippen molar-refractivity contribution in [3.63, 3.8) is 0 Å². The Labute approximate surface area is 111 Å². The van der Waals surface area contributed by atoms with Crippen molar-refractivity contribution in [1.82, 2.24) is 0 Å². The first-order valence-corrected chi connectivity index (χ1v) is 6.35. The number of nitrogens with one attached hydrogen (secondary N) is 1. The van der Waals surface area contributed by atoms with Gasteiger partial charge in [-0.25, -0.2) is 4.39 Å². The predicted molar refractivity (Wildman–Crippen MR) is 72.3 cm³/mol. The summed E-state index contributed by atoms with van der Waals surface area (Å²) in [5, 5.41) is 2.90. The molecule has 2 unspecified atom stereocenters. The summed E-state index contributed by atoms with van der Waals surface area (Å²) in [6.45, 7) is 0. The molecule has 2 nitrogen and oxygen atoms in total. The van der Waals surface area contributed by atoms with Gasteiger partial charge in [-0.05, 0) is 42.2 Å². The molecule has 2 aromatic carbocycles. The van der Waals surface area contributed by atoms with Crippen molar-refractivity contribution in [2.75, 3.05) is 5.32 Å². The molecule has 0 aromatic heterocycles. The lowest BCUT2D eigenvalue weighted by Crippen LogP contribution is -2.14. The summed E-state index contributed by atoms with van der Waals surface area (Å²) >= 11 is 0. The van der Waals surface area contributed by atoms with Gasteiger partial charge in [0.1, 0.15) is 5.82 Å². The van der Waals surface area contributed by atoms with Gasteiger partial charge in [0.2, 0.25) is 5.91 Å². The van der Waals surface area contributed by atoms with Gasteiger partial charge in [-0.15, -0.1) is 0 Å². The molecule has 2 aromatic rings. The van der Waals surface area contributed by atoms with Crippen LogP contribution in [0.25, 0.3) is 0 Å². The highest BCUT2D eigenvalue weighted by Crippen LogP contribution is 2.47. The van der Waals surface area contributed by atoms with Crippen molar-refractivity contribution in [3.05, 3.63) is 66.0 Å². The van der Waals surface area contributed by atoms with E-state index < -0.39 is 0 Å². The van der Waals surface area contributed by atoms with E-state index >= 15 is 0 Å². The Morgan fingerprint density at radius 2 is 1.74 bits per heavy atom. The number of anilines is 1. The maximum absolute atomic E-state index is 12.8. The second-order valence-electron chi connectivity index (χ2n) is 4.86. The molecule has 1 aliphatic carbocycles. The molecule has 1 amide bonds. The molecule has 1 saturated carbocycles. The van der Waals surface area contributed by atoms with Crippen LogP contribution < -0.4 is 5.32 Å². The Morgan fingerprint density at radius 1 is 1.05 bits per heavy atom. The fourth-order valence-electron chi connectivity index (χ4n) is 2.32. The Bertz CT molecular complexity index is 579. The minimum absolute atomic E-state index is 0.00525. The van der Waals surface area contributed by atoms with E-state index in [0.717, 1.165) is 17.7 Å². The summed E-state index contributed by atoms with van der Waals surface area (Å²) in [7, 11) is 0. The Kier molecular flexibility index (Phi) is 3.03. The van der Waals surface area contributed by atoms with Gasteiger partial charge in [-0.2, -0.15) is 0 Å². The third-order valence-corrected chi connectivity index (χ3v) is 3.47. The van der Waals surface area contributed by atoms with Gasteiger partial charge in [0.15, 0.2) is 0 Å². The van der Waals surface area contributed by atoms with Gasteiger partial charge in [0.25, 0.3) is 0 Å². The molecular weight excluding hydrogens is 241 g/mol. The average Bonchev–Trinajstić information content (AvgIpc) is 3.21. The fourth-order valence-corrected chi connectivity index (χ4v) is 2.32. The summed E-state index contributed by atoms with van der Waals surface area (Å²) in [5.41, 5.74) is 1.85. The van der Waals surface area contributed by atoms with E-state index in [1.165, 1.54) is 12.1 Å². The largest absolute Gasteiger partial charge is 0.326 e. The monoisotopic (exact) mass is 255 g/mol. The van der Waals surface area contributed by atoms with Crippen LogP contribution in [0.4, 0.5) is 10.1 Å². The molecule has 1 fully saturated rings. The molecule has 0 aliphatic heterocycles. The number of halogens is 1. The molecule has 3 heteroatoms. The third-order valence-electron chi connectivity index (χ3n) is 3.47. The highest BCUT2D eigenvalue weighted by Gasteiger charge is 2.43. The number of rotatable bonds is 3. The topological polar surface area (TPSA) is 29.1 Å². The van der Waals surface area contributed by atoms with Crippen molar-refractivity contribution in [2.24, 2.45) is 5.92 Å². The summed E-state index contributed by atoms with van der Waals surface area (Å²) in [4.78, 5) is 12.0. The molecule has 0 saturated heterocycles. The van der Waals surface area contributed by atoms with Gasteiger partial charge in [-0.3, -0.25) is 4.79 Å². The van der Waals surface area contributed by atoms with Crippen LogP contribution in [0.1, 0.15) is 17.9 Å². The molecule has 19 heavy (non-hydrogen) atoms. The number of hydrogen-bond acceptors (Lipinski definition) is 1. The van der Waals surface area contributed by atoms with Crippen LogP contribution in [0.15, 0.2) is 54.6 Å². The number of carbonyl (C=O) groups excluding carboxylic acids is 1. The molecule has 1 aliphatic rings. The molecular formula is C16H14FNO. The number of hydrogen-bond donors (Lipinski definition) is 1. The minimum Gasteiger partial charge on any atom is -0.326 e. The van der Waals surface area contributed by atoms with Crippen LogP contribution in [-0.2, 0) is 4.79 Å². The molecule has 2 atom stereocenters. The molecule has 0 heterocycles. The van der Waals surface area contributed by atoms with E-state index in [1.54, 1.807) is 12.1 Å². The summed E-state index contributed by atoms with van der Waals surface area (Å²) in [5.74, 6) is 0.0326. The van der Waals surface area contributed by atoms with E-state index in [0.29, 0.717) is 0 Å². The Balaban J connectivity index is 1.63. The SMILES string of the molecule is O=C(Nc1ccccc1)C1CC1c1ccc(F)cc1. The molecule has 0 radical (unpaired) electrons. The zero-order valence-electron chi connectivity index (χ0n) is 10.3. The van der Waals surface area contributed by atoms with Crippen molar-refractivity contribution < 1.29 is 9.18 Å². The number of amides is 1. The first kappa shape index (κ1) is 11.9. The van der Waals surface area contributed by atoms with E-state index in [2.05, 4.69) is 5.32 Å². The van der Waals surface area contributed by atoms with Crippen LogP contribution in [0.3, 0.4) is 0 Å². The van der Waals surface area contributed by atoms with Crippen molar-refractivity contribution >= 4 is 11.6 Å². The van der Waals surface area contributed by atoms with Gasteiger partial charge in [-0.1, -0.05) is 30.3 Å². The van der Waals surface area contributed by atoms with Crippen LogP contribution >= 0.6 is 0 Å². The molecule has 1 N–H and O–H groups in total. The van der Waals surface area contributed by atoms with Crippen molar-refractivity contribution in [2.45, 2.75) is 12.3 Å². The molecule has 3 rings (SSSR count). The van der Waals surface area contributed by atoms with Gasteiger partial charge in [0.05, 0.1) is 0 Å². The normalized spacial score (nSPS) is 20.9. The first-order valence-electron chi connectivity index (χ1n) is 6.35. The lowest BCUT2D eigenvalue weighted by atomic mass is 10.1. The summed E-state index contributed by atoms with van der Waals surface area (Å²) in [6.07, 6.45) is 0.838. The quantitative estimate of drug-likeness (QED) is 0.892. The lowest BCUT2D eigenvalue weighted by Gasteiger charge is -2.04. The zero-order chi connectivity index (χ0) is 13.2. The molecule has 0 bridgehead atoms. The maximum atomic E-state index is 12.8. The van der Waals surface area contributed by atoms with Gasteiger partial charge >= 0.3 is 0 Å². The second kappa shape index (κ2) is 4.84. The standard InChI is InChI=1S/C16H14FNO/c17-12-8-6-11(7-9-12)14-10-15(14)16(19)18-13-4-2-1-3-5-13/h1-9,14-15H,10H2,(H,18,19). The zero-order valence-corrected chi connectivity index (χ0v) is 10.3.